The summed E-state index contributed by atoms with van der Waals surface area (Å²) < 4.78 is 47.2. The van der Waals surface area contributed by atoms with Crippen LogP contribution < -0.4 is 14.4 Å². The van der Waals surface area contributed by atoms with Gasteiger partial charge in [-0.2, -0.15) is 13.1 Å². The van der Waals surface area contributed by atoms with Gasteiger partial charge in [0.2, 0.25) is 15.9 Å². The summed E-state index contributed by atoms with van der Waals surface area (Å²) in [5.41, 5.74) is 1.35. The Labute approximate surface area is 184 Å². The van der Waals surface area contributed by atoms with E-state index in [0.29, 0.717) is 41.1 Å². The number of hydrogen-bond donors (Lipinski definition) is 0. The minimum atomic E-state index is -3.94. The first kappa shape index (κ1) is 21.5. The fourth-order valence-electron chi connectivity index (χ4n) is 3.79. The molecule has 0 N–H and O–H groups in total. The zero-order valence-corrected chi connectivity index (χ0v) is 18.9. The molecule has 1 aliphatic rings. The number of amides is 1. The van der Waals surface area contributed by atoms with E-state index in [1.165, 1.54) is 29.5 Å². The van der Waals surface area contributed by atoms with Crippen molar-refractivity contribution in [2.45, 2.75) is 23.8 Å². The Morgan fingerprint density at radius 3 is 2.74 bits per heavy atom. The quantitative estimate of drug-likeness (QED) is 0.555. The standard InChI is InChI=1S/C20H22N4O5S2/c1-23(16-12-13(28-2)9-10-17(16)29-3)20(25)15-7-5-11-24(15)31(26,27)18-8-4-6-14-19(18)22-30-21-14/h4,6,8-10,12,15H,5,7,11H2,1-3H3. The van der Waals surface area contributed by atoms with Crippen molar-refractivity contribution in [3.05, 3.63) is 36.4 Å². The largest absolute Gasteiger partial charge is 0.497 e. The van der Waals surface area contributed by atoms with Crippen LogP contribution in [0.4, 0.5) is 5.69 Å². The van der Waals surface area contributed by atoms with E-state index < -0.39 is 16.1 Å². The fraction of sp³-hybridized carbons (Fsp3) is 0.350. The average Bonchev–Trinajstić information content (AvgIpc) is 3.47. The van der Waals surface area contributed by atoms with Crippen LogP contribution in [0, 0.1) is 0 Å². The number of hydrogen-bond acceptors (Lipinski definition) is 8. The Balaban J connectivity index is 1.68. The van der Waals surface area contributed by atoms with E-state index in [9.17, 15) is 13.2 Å². The van der Waals surface area contributed by atoms with Gasteiger partial charge in [-0.3, -0.25) is 4.79 Å². The van der Waals surface area contributed by atoms with E-state index in [4.69, 9.17) is 9.47 Å². The number of likely N-dealkylation sites (N-methyl/N-ethyl adjacent to an activating group) is 1. The van der Waals surface area contributed by atoms with E-state index in [-0.39, 0.29) is 17.3 Å². The summed E-state index contributed by atoms with van der Waals surface area (Å²) in [6.45, 7) is 0.260. The predicted molar refractivity (Wildman–Crippen MR) is 117 cm³/mol. The Morgan fingerprint density at radius 2 is 2.00 bits per heavy atom. The molecule has 1 amide bonds. The van der Waals surface area contributed by atoms with E-state index in [1.807, 2.05) is 0 Å². The van der Waals surface area contributed by atoms with E-state index in [2.05, 4.69) is 8.75 Å². The third-order valence-corrected chi connectivity index (χ3v) is 7.88. The molecular weight excluding hydrogens is 440 g/mol. The molecule has 0 aliphatic carbocycles. The van der Waals surface area contributed by atoms with Gasteiger partial charge in [-0.15, -0.1) is 0 Å². The molecule has 1 saturated heterocycles. The molecule has 3 aromatic rings. The molecular formula is C20H22N4O5S2. The molecule has 31 heavy (non-hydrogen) atoms. The Morgan fingerprint density at radius 1 is 1.19 bits per heavy atom. The summed E-state index contributed by atoms with van der Waals surface area (Å²) in [6.07, 6.45) is 1.02. The number of anilines is 1. The summed E-state index contributed by atoms with van der Waals surface area (Å²) in [7, 11) is 0.712. The maximum atomic E-state index is 13.5. The molecule has 4 rings (SSSR count). The van der Waals surface area contributed by atoms with Crippen LogP contribution in [0.15, 0.2) is 41.3 Å². The molecule has 164 valence electrons. The third-order valence-electron chi connectivity index (χ3n) is 5.40. The Kier molecular flexibility index (Phi) is 5.82. The second-order valence-corrected chi connectivity index (χ2v) is 9.48. The lowest BCUT2D eigenvalue weighted by atomic mass is 10.2. The number of sulfonamides is 1. The summed E-state index contributed by atoms with van der Waals surface area (Å²) in [5.74, 6) is 0.715. The molecule has 2 heterocycles. The van der Waals surface area contributed by atoms with Crippen molar-refractivity contribution in [3.63, 3.8) is 0 Å². The lowest BCUT2D eigenvalue weighted by Gasteiger charge is -2.28. The van der Waals surface area contributed by atoms with Crippen LogP contribution >= 0.6 is 11.7 Å². The highest BCUT2D eigenvalue weighted by Gasteiger charge is 2.42. The van der Waals surface area contributed by atoms with E-state index in [1.54, 1.807) is 37.4 Å². The smallest absolute Gasteiger partial charge is 0.246 e. The SMILES string of the molecule is COc1ccc(OC)c(N(C)C(=O)C2CCCN2S(=O)(=O)c2cccc3nsnc23)c1. The first-order valence-electron chi connectivity index (χ1n) is 9.61. The Bertz CT molecular complexity index is 1230. The lowest BCUT2D eigenvalue weighted by Crippen LogP contribution is -2.46. The number of fused-ring (bicyclic) bond motifs is 1. The molecule has 0 spiro atoms. The number of ether oxygens (including phenoxy) is 2. The molecule has 1 atom stereocenters. The first-order valence-corrected chi connectivity index (χ1v) is 11.8. The van der Waals surface area contributed by atoms with Crippen molar-refractivity contribution in [3.8, 4) is 11.5 Å². The van der Waals surface area contributed by atoms with Gasteiger partial charge >= 0.3 is 0 Å². The Hall–Kier alpha value is -2.76. The lowest BCUT2D eigenvalue weighted by molar-refractivity contribution is -0.121. The zero-order chi connectivity index (χ0) is 22.2. The van der Waals surface area contributed by atoms with Gasteiger partial charge in [0, 0.05) is 19.7 Å². The topological polar surface area (TPSA) is 102 Å². The van der Waals surface area contributed by atoms with Gasteiger partial charge in [-0.1, -0.05) is 6.07 Å². The highest BCUT2D eigenvalue weighted by atomic mass is 32.2. The van der Waals surface area contributed by atoms with Crippen molar-refractivity contribution >= 4 is 44.4 Å². The van der Waals surface area contributed by atoms with Crippen molar-refractivity contribution in [2.24, 2.45) is 0 Å². The van der Waals surface area contributed by atoms with Crippen LogP contribution in [0.3, 0.4) is 0 Å². The van der Waals surface area contributed by atoms with Gasteiger partial charge < -0.3 is 14.4 Å². The molecule has 9 nitrogen and oxygen atoms in total. The predicted octanol–water partition coefficient (Wildman–Crippen LogP) is 2.52. The molecule has 0 saturated carbocycles. The van der Waals surface area contributed by atoms with Gasteiger partial charge in [0.15, 0.2) is 0 Å². The number of rotatable bonds is 6. The monoisotopic (exact) mass is 462 g/mol. The summed E-state index contributed by atoms with van der Waals surface area (Å²) in [5, 5.41) is 0. The third kappa shape index (κ3) is 3.73. The van der Waals surface area contributed by atoms with Crippen LogP contribution in [0.2, 0.25) is 0 Å². The summed E-state index contributed by atoms with van der Waals surface area (Å²) in [4.78, 5) is 14.9. The fourth-order valence-corrected chi connectivity index (χ4v) is 6.20. The van der Waals surface area contributed by atoms with Gasteiger partial charge in [-0.05, 0) is 37.1 Å². The van der Waals surface area contributed by atoms with E-state index in [0.717, 1.165) is 11.7 Å². The second-order valence-electron chi connectivity index (χ2n) is 7.10. The van der Waals surface area contributed by atoms with Gasteiger partial charge in [0.1, 0.15) is 33.5 Å². The maximum absolute atomic E-state index is 13.5. The van der Waals surface area contributed by atoms with Crippen LogP contribution in [0.1, 0.15) is 12.8 Å². The number of methoxy groups -OCH3 is 2. The van der Waals surface area contributed by atoms with Crippen LogP contribution in [-0.2, 0) is 14.8 Å². The number of aromatic nitrogens is 2. The summed E-state index contributed by atoms with van der Waals surface area (Å²) in [6, 6.07) is 9.16. The molecule has 1 aliphatic heterocycles. The van der Waals surface area contributed by atoms with Gasteiger partial charge in [0.05, 0.1) is 31.6 Å². The minimum Gasteiger partial charge on any atom is -0.497 e. The zero-order valence-electron chi connectivity index (χ0n) is 17.3. The van der Waals surface area contributed by atoms with Crippen LogP contribution in [-0.4, -0.2) is 61.2 Å². The van der Waals surface area contributed by atoms with Crippen molar-refractivity contribution in [1.29, 1.82) is 0 Å². The number of carbonyl (C=O) groups is 1. The number of nitrogens with zero attached hydrogens (tertiary/aromatic N) is 4. The first-order chi connectivity index (χ1) is 14.9. The molecule has 0 radical (unpaired) electrons. The van der Waals surface area contributed by atoms with Crippen molar-refractivity contribution in [1.82, 2.24) is 13.1 Å². The van der Waals surface area contributed by atoms with Crippen molar-refractivity contribution in [2.75, 3.05) is 32.7 Å². The normalized spacial score (nSPS) is 17.1. The highest BCUT2D eigenvalue weighted by molar-refractivity contribution is 7.89. The molecule has 11 heteroatoms. The molecule has 1 unspecified atom stereocenters. The van der Waals surface area contributed by atoms with Gasteiger partial charge in [-0.25, -0.2) is 8.42 Å². The van der Waals surface area contributed by atoms with Crippen LogP contribution in [0.5, 0.6) is 11.5 Å². The average molecular weight is 463 g/mol. The molecule has 0 bridgehead atoms. The summed E-state index contributed by atoms with van der Waals surface area (Å²) >= 11 is 0.959. The minimum absolute atomic E-state index is 0.0695. The molecule has 2 aromatic carbocycles. The highest BCUT2D eigenvalue weighted by Crippen LogP contribution is 2.35. The van der Waals surface area contributed by atoms with Crippen molar-refractivity contribution < 1.29 is 22.7 Å². The van der Waals surface area contributed by atoms with Gasteiger partial charge in [0.25, 0.3) is 0 Å². The molecule has 1 fully saturated rings. The maximum Gasteiger partial charge on any atom is 0.246 e. The number of benzene rings is 2. The second kappa shape index (κ2) is 8.40. The molecule has 1 aromatic heterocycles. The van der Waals surface area contributed by atoms with Crippen LogP contribution in [0.25, 0.3) is 11.0 Å². The number of carbonyl (C=O) groups excluding carboxylic acids is 1. The van der Waals surface area contributed by atoms with E-state index >= 15 is 0 Å².